The van der Waals surface area contributed by atoms with Crippen molar-refractivity contribution in [2.75, 3.05) is 13.2 Å². The van der Waals surface area contributed by atoms with Crippen LogP contribution in [0.2, 0.25) is 0 Å². The average Bonchev–Trinajstić information content (AvgIpc) is 1.98. The molecule has 0 spiro atoms. The fourth-order valence-electron chi connectivity index (χ4n) is 0.774. The van der Waals surface area contributed by atoms with Crippen LogP contribution < -0.4 is 0 Å². The van der Waals surface area contributed by atoms with Crippen LogP contribution in [0.25, 0.3) is 0 Å². The van der Waals surface area contributed by atoms with Gasteiger partial charge in [-0.1, -0.05) is 0 Å². The van der Waals surface area contributed by atoms with E-state index in [0.717, 1.165) is 0 Å². The van der Waals surface area contributed by atoms with Crippen LogP contribution in [0.3, 0.4) is 0 Å². The van der Waals surface area contributed by atoms with Crippen molar-refractivity contribution in [2.24, 2.45) is 0 Å². The summed E-state index contributed by atoms with van der Waals surface area (Å²) in [6.45, 7) is -0.0130. The summed E-state index contributed by atoms with van der Waals surface area (Å²) < 4.78 is 62.1. The molecule has 1 unspecified atom stereocenters. The number of alkyl halides is 2. The lowest BCUT2D eigenvalue weighted by Gasteiger charge is -2.26. The molecule has 0 radical (unpaired) electrons. The fourth-order valence-corrected chi connectivity index (χ4v) is 1.04. The molecule has 0 aromatic carbocycles. The van der Waals surface area contributed by atoms with Crippen LogP contribution in [-0.4, -0.2) is 43.5 Å². The first kappa shape index (κ1) is 12.3. The number of ether oxygens (including phenoxy) is 2. The molecule has 1 saturated heterocycles. The summed E-state index contributed by atoms with van der Waals surface area (Å²) in [7, 11) is -5.79. The number of carbonyl (C=O) groups excluding carboxylic acids is 1. The van der Waals surface area contributed by atoms with Gasteiger partial charge < -0.3 is 9.47 Å². The van der Waals surface area contributed by atoms with Crippen molar-refractivity contribution in [3.05, 3.63) is 0 Å². The molecule has 0 aliphatic carbocycles. The Bertz CT molecular complexity index is 347. The Labute approximate surface area is 83.9 Å². The third kappa shape index (κ3) is 2.61. The maximum atomic E-state index is 12.5. The van der Waals surface area contributed by atoms with E-state index in [-0.39, 0.29) is 0 Å². The van der Waals surface area contributed by atoms with Gasteiger partial charge in [0.25, 0.3) is 0 Å². The van der Waals surface area contributed by atoms with E-state index in [2.05, 4.69) is 4.74 Å². The Morgan fingerprint density at radius 3 is 2.47 bits per heavy atom. The first-order valence-electron chi connectivity index (χ1n) is 3.89. The lowest BCUT2D eigenvalue weighted by atomic mass is 10.2. The Morgan fingerprint density at radius 2 is 2.13 bits per heavy atom. The summed E-state index contributed by atoms with van der Waals surface area (Å²) in [6, 6.07) is 0. The van der Waals surface area contributed by atoms with Gasteiger partial charge in [0.15, 0.2) is 0 Å². The van der Waals surface area contributed by atoms with Crippen molar-refractivity contribution < 1.29 is 36.0 Å². The monoisotopic (exact) mass is 246 g/mol. The summed E-state index contributed by atoms with van der Waals surface area (Å²) in [5, 5.41) is -4.93. The SMILES string of the molecule is O=C(OCC1CCO1)C(F)(F)S(=O)(=O)O. The highest BCUT2D eigenvalue weighted by Gasteiger charge is 2.54. The van der Waals surface area contributed by atoms with Crippen LogP contribution in [-0.2, 0) is 24.4 Å². The zero-order valence-electron chi connectivity index (χ0n) is 7.35. The van der Waals surface area contributed by atoms with Gasteiger partial charge in [0.2, 0.25) is 0 Å². The molecule has 0 bridgehead atoms. The molecule has 88 valence electrons. The van der Waals surface area contributed by atoms with E-state index in [1.54, 1.807) is 0 Å². The third-order valence-corrected chi connectivity index (χ3v) is 2.57. The predicted molar refractivity (Wildman–Crippen MR) is 41.8 cm³/mol. The maximum Gasteiger partial charge on any atom is 0.465 e. The number of hydrogen-bond donors (Lipinski definition) is 1. The van der Waals surface area contributed by atoms with Gasteiger partial charge in [0.05, 0.1) is 6.10 Å². The molecular formula is C6H8F2O6S. The highest BCUT2D eigenvalue weighted by Crippen LogP contribution is 2.23. The molecule has 15 heavy (non-hydrogen) atoms. The molecule has 1 N–H and O–H groups in total. The number of esters is 1. The summed E-state index contributed by atoms with van der Waals surface area (Å²) >= 11 is 0. The topological polar surface area (TPSA) is 89.9 Å². The number of halogens is 2. The minimum atomic E-state index is -5.79. The Hall–Kier alpha value is -0.800. The highest BCUT2D eigenvalue weighted by atomic mass is 32.2. The van der Waals surface area contributed by atoms with Crippen molar-refractivity contribution >= 4 is 16.1 Å². The van der Waals surface area contributed by atoms with E-state index < -0.39 is 34.1 Å². The van der Waals surface area contributed by atoms with Crippen molar-refractivity contribution in [2.45, 2.75) is 17.8 Å². The van der Waals surface area contributed by atoms with E-state index in [4.69, 9.17) is 9.29 Å². The molecule has 1 aliphatic rings. The van der Waals surface area contributed by atoms with Gasteiger partial charge in [0, 0.05) is 13.0 Å². The van der Waals surface area contributed by atoms with Crippen LogP contribution in [0, 0.1) is 0 Å². The van der Waals surface area contributed by atoms with Gasteiger partial charge in [-0.2, -0.15) is 17.2 Å². The molecule has 1 aliphatic heterocycles. The lowest BCUT2D eigenvalue weighted by molar-refractivity contribution is -0.170. The van der Waals surface area contributed by atoms with Crippen molar-refractivity contribution in [3.63, 3.8) is 0 Å². The molecule has 0 saturated carbocycles. The zero-order chi connectivity index (χ0) is 11.7. The quantitative estimate of drug-likeness (QED) is 0.545. The second kappa shape index (κ2) is 3.99. The first-order chi connectivity index (χ1) is 6.75. The first-order valence-corrected chi connectivity index (χ1v) is 5.33. The number of carbonyl (C=O) groups is 1. The Balaban J connectivity index is 2.51. The molecule has 6 nitrogen and oxygen atoms in total. The minimum absolute atomic E-state index is 0.441. The van der Waals surface area contributed by atoms with Gasteiger partial charge in [-0.05, 0) is 0 Å². The summed E-state index contributed by atoms with van der Waals surface area (Å²) in [5.41, 5.74) is 0. The summed E-state index contributed by atoms with van der Waals surface area (Å²) in [5.74, 6) is -2.31. The van der Waals surface area contributed by atoms with Crippen LogP contribution in [0.1, 0.15) is 6.42 Å². The normalized spacial score (nSPS) is 21.9. The second-order valence-corrected chi connectivity index (χ2v) is 4.33. The highest BCUT2D eigenvalue weighted by molar-refractivity contribution is 7.87. The molecular weight excluding hydrogens is 238 g/mol. The van der Waals surface area contributed by atoms with Crippen molar-refractivity contribution in [3.8, 4) is 0 Å². The second-order valence-electron chi connectivity index (χ2n) is 2.87. The van der Waals surface area contributed by atoms with Gasteiger partial charge in [-0.15, -0.1) is 0 Å². The van der Waals surface area contributed by atoms with E-state index in [0.29, 0.717) is 13.0 Å². The molecule has 1 fully saturated rings. The summed E-state index contributed by atoms with van der Waals surface area (Å²) in [6.07, 6.45) is 0.0659. The van der Waals surface area contributed by atoms with Crippen LogP contribution >= 0.6 is 0 Å². The van der Waals surface area contributed by atoms with Gasteiger partial charge in [-0.25, -0.2) is 4.79 Å². The van der Waals surface area contributed by atoms with Crippen LogP contribution in [0.5, 0.6) is 0 Å². The molecule has 1 heterocycles. The predicted octanol–water partition coefficient (Wildman–Crippen LogP) is -0.201. The molecule has 9 heteroatoms. The minimum Gasteiger partial charge on any atom is -0.458 e. The van der Waals surface area contributed by atoms with E-state index >= 15 is 0 Å². The largest absolute Gasteiger partial charge is 0.465 e. The number of rotatable bonds is 4. The van der Waals surface area contributed by atoms with Gasteiger partial charge in [-0.3, -0.25) is 4.55 Å². The molecule has 0 aromatic heterocycles. The standard InChI is InChI=1S/C6H8F2O6S/c7-6(8,15(10,11)12)5(9)14-3-4-1-2-13-4/h4H,1-3H2,(H,10,11,12). The Morgan fingerprint density at radius 1 is 1.60 bits per heavy atom. The fraction of sp³-hybridized carbons (Fsp3) is 0.833. The lowest BCUT2D eigenvalue weighted by Crippen LogP contribution is -2.41. The number of hydrogen-bond acceptors (Lipinski definition) is 5. The van der Waals surface area contributed by atoms with Crippen LogP contribution in [0.15, 0.2) is 0 Å². The molecule has 1 atom stereocenters. The molecule has 0 amide bonds. The average molecular weight is 246 g/mol. The Kier molecular flexibility index (Phi) is 3.26. The van der Waals surface area contributed by atoms with Crippen molar-refractivity contribution in [1.82, 2.24) is 0 Å². The van der Waals surface area contributed by atoms with E-state index in [9.17, 15) is 22.0 Å². The summed E-state index contributed by atoms with van der Waals surface area (Å²) in [4.78, 5) is 10.6. The smallest absolute Gasteiger partial charge is 0.458 e. The zero-order valence-corrected chi connectivity index (χ0v) is 8.17. The van der Waals surface area contributed by atoms with Gasteiger partial charge in [0.1, 0.15) is 6.61 Å². The maximum absolute atomic E-state index is 12.5. The van der Waals surface area contributed by atoms with Crippen molar-refractivity contribution in [1.29, 1.82) is 0 Å². The van der Waals surface area contributed by atoms with Gasteiger partial charge >= 0.3 is 21.3 Å². The van der Waals surface area contributed by atoms with Crippen LogP contribution in [0.4, 0.5) is 8.78 Å². The van der Waals surface area contributed by atoms with E-state index in [1.807, 2.05) is 0 Å². The molecule has 0 aromatic rings. The molecule has 1 rings (SSSR count). The third-order valence-electron chi connectivity index (χ3n) is 1.76. The van der Waals surface area contributed by atoms with E-state index in [1.165, 1.54) is 0 Å².